The van der Waals surface area contributed by atoms with Crippen molar-refractivity contribution in [1.82, 2.24) is 15.2 Å². The molecule has 1 aliphatic carbocycles. The van der Waals surface area contributed by atoms with Gasteiger partial charge < -0.3 is 10.2 Å². The first-order chi connectivity index (χ1) is 13.5. The molecule has 0 unspecified atom stereocenters. The largest absolute Gasteiger partial charge is 0.351 e. The van der Waals surface area contributed by atoms with Crippen LogP contribution in [0.4, 0.5) is 0 Å². The van der Waals surface area contributed by atoms with E-state index < -0.39 is 0 Å². The van der Waals surface area contributed by atoms with Gasteiger partial charge in [-0.3, -0.25) is 4.79 Å². The van der Waals surface area contributed by atoms with Crippen molar-refractivity contribution < 1.29 is 4.79 Å². The summed E-state index contributed by atoms with van der Waals surface area (Å²) >= 11 is 1.52. The zero-order valence-electron chi connectivity index (χ0n) is 17.7. The van der Waals surface area contributed by atoms with Crippen molar-refractivity contribution in [3.05, 3.63) is 44.5 Å². The summed E-state index contributed by atoms with van der Waals surface area (Å²) in [6.45, 7) is 12.8. The summed E-state index contributed by atoms with van der Waals surface area (Å²) in [7, 11) is 0. The molecule has 0 saturated carbocycles. The van der Waals surface area contributed by atoms with Crippen LogP contribution in [0.1, 0.15) is 73.2 Å². The number of carbonyl (C=O) groups excluding carboxylic acids is 1. The Morgan fingerprint density at radius 3 is 2.68 bits per heavy atom. The smallest absolute Gasteiger partial charge is 0.263 e. The molecule has 0 radical (unpaired) electrons. The molecule has 1 saturated heterocycles. The lowest BCUT2D eigenvalue weighted by molar-refractivity contribution is 0.0956. The van der Waals surface area contributed by atoms with Crippen molar-refractivity contribution in [1.29, 1.82) is 0 Å². The molecule has 1 amide bonds. The Morgan fingerprint density at radius 1 is 1.18 bits per heavy atom. The van der Waals surface area contributed by atoms with Crippen LogP contribution in [-0.2, 0) is 0 Å². The van der Waals surface area contributed by atoms with Gasteiger partial charge in [-0.15, -0.1) is 11.3 Å². The number of thiazole rings is 1. The molecule has 3 rings (SSSR count). The lowest BCUT2D eigenvalue weighted by Gasteiger charge is -2.13. The maximum atomic E-state index is 12.7. The van der Waals surface area contributed by atoms with Crippen molar-refractivity contribution in [2.45, 2.75) is 59.8 Å². The predicted octanol–water partition coefficient (Wildman–Crippen LogP) is 5.13. The van der Waals surface area contributed by atoms with Crippen LogP contribution in [0, 0.1) is 6.92 Å². The van der Waals surface area contributed by atoms with E-state index in [0.29, 0.717) is 0 Å². The van der Waals surface area contributed by atoms with Crippen LogP contribution in [0.5, 0.6) is 0 Å². The number of likely N-dealkylation sites (tertiary alicyclic amines) is 1. The number of rotatable bonds is 7. The molecule has 2 aliphatic rings. The second-order valence-corrected chi connectivity index (χ2v) is 9.08. The number of hydrogen-bond acceptors (Lipinski definition) is 4. The molecule has 1 N–H and O–H groups in total. The third-order valence-electron chi connectivity index (χ3n) is 5.58. The molecular weight excluding hydrogens is 366 g/mol. The van der Waals surface area contributed by atoms with E-state index in [4.69, 9.17) is 4.98 Å². The number of aromatic nitrogens is 1. The van der Waals surface area contributed by atoms with Crippen molar-refractivity contribution in [3.63, 3.8) is 0 Å². The van der Waals surface area contributed by atoms with Crippen LogP contribution in [-0.4, -0.2) is 42.0 Å². The van der Waals surface area contributed by atoms with E-state index in [1.165, 1.54) is 59.6 Å². The van der Waals surface area contributed by atoms with Gasteiger partial charge in [0.2, 0.25) is 0 Å². The molecule has 152 valence electrons. The Hall–Kier alpha value is -1.72. The third kappa shape index (κ3) is 5.21. The number of aryl methyl sites for hydroxylation is 1. The van der Waals surface area contributed by atoms with Gasteiger partial charge >= 0.3 is 0 Å². The van der Waals surface area contributed by atoms with E-state index >= 15 is 0 Å². The molecular formula is C23H33N3OS. The summed E-state index contributed by atoms with van der Waals surface area (Å²) < 4.78 is 0. The van der Waals surface area contributed by atoms with Gasteiger partial charge in [0.05, 0.1) is 5.69 Å². The Labute approximate surface area is 173 Å². The molecule has 4 nitrogen and oxygen atoms in total. The highest BCUT2D eigenvalue weighted by Gasteiger charge is 2.20. The minimum Gasteiger partial charge on any atom is -0.351 e. The maximum absolute atomic E-state index is 12.7. The number of allylic oxidation sites excluding steroid dienone is 6. The Balaban J connectivity index is 1.60. The van der Waals surface area contributed by atoms with E-state index in [-0.39, 0.29) is 5.91 Å². The Kier molecular flexibility index (Phi) is 7.24. The van der Waals surface area contributed by atoms with Crippen molar-refractivity contribution >= 4 is 22.8 Å². The molecule has 0 aromatic carbocycles. The monoisotopic (exact) mass is 399 g/mol. The Bertz CT molecular complexity index is 810. The average molecular weight is 400 g/mol. The number of nitrogens with one attached hydrogen (secondary N) is 1. The first-order valence-corrected chi connectivity index (χ1v) is 11.3. The number of hydrogen-bond donors (Lipinski definition) is 1. The van der Waals surface area contributed by atoms with Gasteiger partial charge in [0.25, 0.3) is 5.91 Å². The fourth-order valence-corrected chi connectivity index (χ4v) is 5.19. The molecule has 1 aromatic heterocycles. The summed E-state index contributed by atoms with van der Waals surface area (Å²) in [5.74, 6) is 0.0163. The fourth-order valence-electron chi connectivity index (χ4n) is 4.03. The van der Waals surface area contributed by atoms with Gasteiger partial charge in [0.1, 0.15) is 9.88 Å². The summed E-state index contributed by atoms with van der Waals surface area (Å²) in [6, 6.07) is 0. The topological polar surface area (TPSA) is 45.2 Å². The normalized spacial score (nSPS) is 18.1. The van der Waals surface area contributed by atoms with Gasteiger partial charge in [-0.2, -0.15) is 0 Å². The molecule has 2 heterocycles. The minimum atomic E-state index is 0.0163. The van der Waals surface area contributed by atoms with Crippen molar-refractivity contribution in [3.8, 4) is 0 Å². The van der Waals surface area contributed by atoms with Crippen LogP contribution in [0.2, 0.25) is 0 Å². The second kappa shape index (κ2) is 9.66. The predicted molar refractivity (Wildman–Crippen MR) is 119 cm³/mol. The first-order valence-electron chi connectivity index (χ1n) is 10.5. The highest BCUT2D eigenvalue weighted by Crippen LogP contribution is 2.34. The van der Waals surface area contributed by atoms with E-state index in [9.17, 15) is 4.79 Å². The van der Waals surface area contributed by atoms with Crippen LogP contribution < -0.4 is 5.32 Å². The van der Waals surface area contributed by atoms with E-state index in [1.807, 2.05) is 6.92 Å². The highest BCUT2D eigenvalue weighted by atomic mass is 32.1. The van der Waals surface area contributed by atoms with Gasteiger partial charge in [0.15, 0.2) is 0 Å². The maximum Gasteiger partial charge on any atom is 0.263 e. The van der Waals surface area contributed by atoms with E-state index in [1.54, 1.807) is 0 Å². The van der Waals surface area contributed by atoms with Gasteiger partial charge in [0, 0.05) is 12.1 Å². The summed E-state index contributed by atoms with van der Waals surface area (Å²) in [5, 5.41) is 4.05. The van der Waals surface area contributed by atoms with Crippen molar-refractivity contribution in [2.75, 3.05) is 26.2 Å². The number of amides is 1. The van der Waals surface area contributed by atoms with Crippen LogP contribution in [0.15, 0.2) is 28.9 Å². The van der Waals surface area contributed by atoms with E-state index in [0.717, 1.165) is 47.9 Å². The molecule has 1 aliphatic heterocycles. The average Bonchev–Trinajstić information content (AvgIpc) is 3.26. The van der Waals surface area contributed by atoms with Crippen LogP contribution >= 0.6 is 11.3 Å². The molecule has 0 bridgehead atoms. The zero-order chi connectivity index (χ0) is 20.1. The lowest BCUT2D eigenvalue weighted by Crippen LogP contribution is -2.26. The molecule has 5 heteroatoms. The highest BCUT2D eigenvalue weighted by molar-refractivity contribution is 7.15. The molecule has 0 spiro atoms. The summed E-state index contributed by atoms with van der Waals surface area (Å²) in [4.78, 5) is 20.7. The lowest BCUT2D eigenvalue weighted by atomic mass is 10.0. The zero-order valence-corrected chi connectivity index (χ0v) is 18.5. The third-order valence-corrected chi connectivity index (χ3v) is 6.76. The standard InChI is InChI=1S/C23H33N3OS/c1-16-9-10-17(2)20(18(3)15-16)23-25-19(4)21(28-23)22(27)24-11-5-6-12-26-13-7-8-14-26/h10,15H,5-9,11-14H2,1-4H3,(H,24,27). The summed E-state index contributed by atoms with van der Waals surface area (Å²) in [5.41, 5.74) is 5.83. The SMILES string of the molecule is CC1=CC(C)=C(c2nc(C)c(C(=O)NCCCCN3CCCC3)s2)C(C)=CC1. The minimum absolute atomic E-state index is 0.0163. The molecule has 28 heavy (non-hydrogen) atoms. The second-order valence-electron chi connectivity index (χ2n) is 8.09. The molecule has 0 atom stereocenters. The van der Waals surface area contributed by atoms with Gasteiger partial charge in [-0.05, 0) is 90.6 Å². The van der Waals surface area contributed by atoms with Crippen LogP contribution in [0.25, 0.3) is 5.57 Å². The quantitative estimate of drug-likeness (QED) is 0.647. The number of nitrogens with zero attached hydrogens (tertiary/aromatic N) is 2. The van der Waals surface area contributed by atoms with Crippen molar-refractivity contribution in [2.24, 2.45) is 0 Å². The summed E-state index contributed by atoms with van der Waals surface area (Å²) in [6.07, 6.45) is 10.3. The van der Waals surface area contributed by atoms with Crippen LogP contribution in [0.3, 0.4) is 0 Å². The van der Waals surface area contributed by atoms with Gasteiger partial charge in [-0.25, -0.2) is 4.98 Å². The fraction of sp³-hybridized carbons (Fsp3) is 0.565. The first kappa shape index (κ1) is 21.0. The number of carbonyl (C=O) groups is 1. The molecule has 1 fully saturated rings. The number of unbranched alkanes of at least 4 members (excludes halogenated alkanes) is 1. The molecule has 1 aromatic rings. The van der Waals surface area contributed by atoms with E-state index in [2.05, 4.69) is 43.1 Å². The van der Waals surface area contributed by atoms with Gasteiger partial charge in [-0.1, -0.05) is 17.7 Å². The Morgan fingerprint density at radius 2 is 1.93 bits per heavy atom.